The first-order chi connectivity index (χ1) is 9.45. The first kappa shape index (κ1) is 15.2. The van der Waals surface area contributed by atoms with Gasteiger partial charge in [-0.2, -0.15) is 5.10 Å². The fraction of sp³-hybridized carbons (Fsp3) is 0.308. The summed E-state index contributed by atoms with van der Waals surface area (Å²) in [6, 6.07) is 0.978. The molecule has 7 heteroatoms. The molecule has 0 fully saturated rings. The standard InChI is InChI=1S/C13H13Cl2F2N3/c1-2-3-20-13(9(15)6-19-20)12(18)7-4-11(17)8(14)5-10(7)16/h4-6,12H,2-3,18H2,1H3. The largest absolute Gasteiger partial charge is 0.319 e. The number of rotatable bonds is 4. The van der Waals surface area contributed by atoms with E-state index in [1.165, 1.54) is 6.20 Å². The van der Waals surface area contributed by atoms with Crippen molar-refractivity contribution in [2.75, 3.05) is 0 Å². The summed E-state index contributed by atoms with van der Waals surface area (Å²) < 4.78 is 29.0. The molecule has 0 spiro atoms. The van der Waals surface area contributed by atoms with E-state index in [1.807, 2.05) is 6.92 Å². The molecule has 0 aliphatic heterocycles. The minimum atomic E-state index is -0.914. The summed E-state index contributed by atoms with van der Waals surface area (Å²) in [7, 11) is 0. The number of aromatic nitrogens is 2. The van der Waals surface area contributed by atoms with Crippen molar-refractivity contribution in [1.82, 2.24) is 9.78 Å². The summed E-state index contributed by atoms with van der Waals surface area (Å²) in [6.07, 6.45) is 2.26. The smallest absolute Gasteiger partial charge is 0.142 e. The average molecular weight is 320 g/mol. The van der Waals surface area contributed by atoms with Crippen LogP contribution in [0.5, 0.6) is 0 Å². The SMILES string of the molecule is CCCn1ncc(Cl)c1C(N)c1cc(F)c(Cl)cc1F. The van der Waals surface area contributed by atoms with Gasteiger partial charge in [-0.3, -0.25) is 4.68 Å². The van der Waals surface area contributed by atoms with Crippen LogP contribution in [-0.2, 0) is 6.54 Å². The Kier molecular flexibility index (Phi) is 4.62. The van der Waals surface area contributed by atoms with E-state index in [9.17, 15) is 8.78 Å². The number of halogens is 4. The van der Waals surface area contributed by atoms with Crippen LogP contribution in [0.25, 0.3) is 0 Å². The van der Waals surface area contributed by atoms with E-state index in [-0.39, 0.29) is 10.6 Å². The van der Waals surface area contributed by atoms with Gasteiger partial charge >= 0.3 is 0 Å². The molecule has 3 nitrogen and oxygen atoms in total. The van der Waals surface area contributed by atoms with Gasteiger partial charge in [-0.25, -0.2) is 8.78 Å². The maximum absolute atomic E-state index is 13.9. The lowest BCUT2D eigenvalue weighted by Gasteiger charge is -2.16. The predicted molar refractivity (Wildman–Crippen MR) is 74.9 cm³/mol. The van der Waals surface area contributed by atoms with Crippen molar-refractivity contribution < 1.29 is 8.78 Å². The molecular formula is C13H13Cl2F2N3. The van der Waals surface area contributed by atoms with Crippen LogP contribution in [0.1, 0.15) is 30.6 Å². The summed E-state index contributed by atoms with van der Waals surface area (Å²) in [4.78, 5) is 0. The molecule has 0 aliphatic carbocycles. The van der Waals surface area contributed by atoms with E-state index in [0.717, 1.165) is 18.6 Å². The lowest BCUT2D eigenvalue weighted by atomic mass is 10.0. The van der Waals surface area contributed by atoms with Crippen molar-refractivity contribution >= 4 is 23.2 Å². The average Bonchev–Trinajstić information content (AvgIpc) is 2.75. The Morgan fingerprint density at radius 2 is 1.95 bits per heavy atom. The summed E-state index contributed by atoms with van der Waals surface area (Å²) >= 11 is 11.6. The molecule has 2 N–H and O–H groups in total. The second-order valence-electron chi connectivity index (χ2n) is 4.37. The molecule has 2 aromatic rings. The summed E-state index contributed by atoms with van der Waals surface area (Å²) in [6.45, 7) is 2.56. The predicted octanol–water partition coefficient (Wildman–Crippen LogP) is 3.93. The van der Waals surface area contributed by atoms with Gasteiger partial charge in [-0.15, -0.1) is 0 Å². The maximum Gasteiger partial charge on any atom is 0.142 e. The molecule has 1 aromatic carbocycles. The second-order valence-corrected chi connectivity index (χ2v) is 5.18. The van der Waals surface area contributed by atoms with Gasteiger partial charge in [0.05, 0.1) is 28.0 Å². The zero-order valence-corrected chi connectivity index (χ0v) is 12.2. The van der Waals surface area contributed by atoms with Gasteiger partial charge in [0.15, 0.2) is 0 Å². The van der Waals surface area contributed by atoms with E-state index >= 15 is 0 Å². The van der Waals surface area contributed by atoms with Crippen molar-refractivity contribution in [2.24, 2.45) is 5.73 Å². The molecule has 1 heterocycles. The highest BCUT2D eigenvalue weighted by Crippen LogP contribution is 2.30. The molecule has 0 bridgehead atoms. The highest BCUT2D eigenvalue weighted by atomic mass is 35.5. The molecule has 1 unspecified atom stereocenters. The van der Waals surface area contributed by atoms with Crippen molar-refractivity contribution in [3.63, 3.8) is 0 Å². The van der Waals surface area contributed by atoms with Gasteiger partial charge in [0.2, 0.25) is 0 Å². The maximum atomic E-state index is 13.9. The third kappa shape index (κ3) is 2.80. The van der Waals surface area contributed by atoms with Crippen LogP contribution in [0.3, 0.4) is 0 Å². The number of aryl methyl sites for hydroxylation is 1. The highest BCUT2D eigenvalue weighted by Gasteiger charge is 2.22. The normalized spacial score (nSPS) is 12.7. The van der Waals surface area contributed by atoms with Gasteiger partial charge in [0.1, 0.15) is 11.6 Å². The van der Waals surface area contributed by atoms with E-state index in [1.54, 1.807) is 4.68 Å². The Balaban J connectivity index is 2.48. The first-order valence-corrected chi connectivity index (χ1v) is 6.82. The zero-order valence-electron chi connectivity index (χ0n) is 10.7. The molecule has 0 radical (unpaired) electrons. The molecule has 20 heavy (non-hydrogen) atoms. The Morgan fingerprint density at radius 1 is 1.25 bits per heavy atom. The third-order valence-electron chi connectivity index (χ3n) is 2.94. The Labute approximate surface area is 125 Å². The Bertz CT molecular complexity index is 628. The van der Waals surface area contributed by atoms with Crippen LogP contribution in [0, 0.1) is 11.6 Å². The molecule has 2 rings (SSSR count). The zero-order chi connectivity index (χ0) is 14.9. The van der Waals surface area contributed by atoms with Crippen LogP contribution in [0.2, 0.25) is 10.0 Å². The minimum absolute atomic E-state index is 0.00773. The molecule has 0 saturated carbocycles. The molecule has 0 saturated heterocycles. The van der Waals surface area contributed by atoms with Crippen molar-refractivity contribution in [2.45, 2.75) is 25.9 Å². The van der Waals surface area contributed by atoms with Gasteiger partial charge < -0.3 is 5.73 Å². The molecule has 108 valence electrons. The summed E-state index contributed by atoms with van der Waals surface area (Å²) in [5.41, 5.74) is 6.46. The summed E-state index contributed by atoms with van der Waals surface area (Å²) in [5, 5.41) is 4.12. The van der Waals surface area contributed by atoms with Crippen LogP contribution in [0.15, 0.2) is 18.3 Å². The van der Waals surface area contributed by atoms with Crippen molar-refractivity contribution in [3.8, 4) is 0 Å². The van der Waals surface area contributed by atoms with Gasteiger partial charge in [0, 0.05) is 12.1 Å². The number of benzene rings is 1. The molecule has 0 amide bonds. The van der Waals surface area contributed by atoms with Gasteiger partial charge in [0.25, 0.3) is 0 Å². The number of hydrogen-bond donors (Lipinski definition) is 1. The fourth-order valence-electron chi connectivity index (χ4n) is 1.99. The van der Waals surface area contributed by atoms with E-state index in [2.05, 4.69) is 5.10 Å². The monoisotopic (exact) mass is 319 g/mol. The second kappa shape index (κ2) is 6.08. The van der Waals surface area contributed by atoms with Crippen LogP contribution in [-0.4, -0.2) is 9.78 Å². The number of hydrogen-bond acceptors (Lipinski definition) is 2. The minimum Gasteiger partial charge on any atom is -0.319 e. The van der Waals surface area contributed by atoms with E-state index in [0.29, 0.717) is 17.3 Å². The quantitative estimate of drug-likeness (QED) is 0.868. The van der Waals surface area contributed by atoms with E-state index < -0.39 is 17.7 Å². The molecule has 0 aliphatic rings. The molecule has 1 aromatic heterocycles. The van der Waals surface area contributed by atoms with Gasteiger partial charge in [-0.1, -0.05) is 30.1 Å². The van der Waals surface area contributed by atoms with Crippen molar-refractivity contribution in [3.05, 3.63) is 51.3 Å². The summed E-state index contributed by atoms with van der Waals surface area (Å²) in [5.74, 6) is -1.40. The first-order valence-electron chi connectivity index (χ1n) is 6.07. The lowest BCUT2D eigenvalue weighted by Crippen LogP contribution is -2.19. The number of nitrogens with two attached hydrogens (primary N) is 1. The lowest BCUT2D eigenvalue weighted by molar-refractivity contribution is 0.539. The topological polar surface area (TPSA) is 43.8 Å². The van der Waals surface area contributed by atoms with Crippen LogP contribution in [0.4, 0.5) is 8.78 Å². The highest BCUT2D eigenvalue weighted by molar-refractivity contribution is 6.31. The molecule has 1 atom stereocenters. The number of nitrogens with zero attached hydrogens (tertiary/aromatic N) is 2. The third-order valence-corrected chi connectivity index (χ3v) is 3.52. The Morgan fingerprint density at radius 3 is 2.60 bits per heavy atom. The van der Waals surface area contributed by atoms with Crippen LogP contribution < -0.4 is 5.73 Å². The van der Waals surface area contributed by atoms with E-state index in [4.69, 9.17) is 28.9 Å². The van der Waals surface area contributed by atoms with Gasteiger partial charge in [-0.05, 0) is 18.6 Å². The molecular weight excluding hydrogens is 307 g/mol. The fourth-order valence-corrected chi connectivity index (χ4v) is 2.40. The Hall–Kier alpha value is -1.17. The van der Waals surface area contributed by atoms with Crippen LogP contribution >= 0.6 is 23.2 Å². The van der Waals surface area contributed by atoms with Crippen molar-refractivity contribution in [1.29, 1.82) is 0 Å².